The molecular formula is C16H18N2O3S. The predicted octanol–water partition coefficient (Wildman–Crippen LogP) is 1.70. The van der Waals surface area contributed by atoms with Crippen molar-refractivity contribution < 1.29 is 13.2 Å². The van der Waals surface area contributed by atoms with Gasteiger partial charge in [0.25, 0.3) is 5.91 Å². The van der Waals surface area contributed by atoms with Gasteiger partial charge in [0.1, 0.15) is 0 Å². The van der Waals surface area contributed by atoms with E-state index < -0.39 is 10.0 Å². The second-order valence-electron chi connectivity index (χ2n) is 4.91. The number of hydrogen-bond acceptors (Lipinski definition) is 3. The van der Waals surface area contributed by atoms with E-state index in [0.29, 0.717) is 12.1 Å². The molecule has 1 amide bonds. The van der Waals surface area contributed by atoms with Crippen LogP contribution in [0.5, 0.6) is 0 Å². The average Bonchev–Trinajstić information content (AvgIpc) is 2.52. The molecule has 0 radical (unpaired) electrons. The molecule has 0 saturated heterocycles. The van der Waals surface area contributed by atoms with E-state index in [4.69, 9.17) is 5.14 Å². The zero-order chi connectivity index (χ0) is 16.0. The van der Waals surface area contributed by atoms with Crippen molar-refractivity contribution in [3.63, 3.8) is 0 Å². The highest BCUT2D eigenvalue weighted by Gasteiger charge is 2.07. The van der Waals surface area contributed by atoms with Gasteiger partial charge in [-0.05, 0) is 42.7 Å². The van der Waals surface area contributed by atoms with E-state index in [1.165, 1.54) is 12.1 Å². The molecule has 0 bridgehead atoms. The van der Waals surface area contributed by atoms with Crippen LogP contribution >= 0.6 is 0 Å². The molecular weight excluding hydrogens is 300 g/mol. The highest BCUT2D eigenvalue weighted by Crippen LogP contribution is 2.10. The average molecular weight is 318 g/mol. The maximum Gasteiger partial charge on any atom is 0.251 e. The molecule has 0 fully saturated rings. The third-order valence-electron chi connectivity index (χ3n) is 3.22. The SMILES string of the molecule is NS(=O)(=O)c1ccc(CCCNC(=O)c2ccccc2)cc1. The second kappa shape index (κ2) is 7.20. The van der Waals surface area contributed by atoms with Crippen molar-refractivity contribution in [2.75, 3.05) is 6.54 Å². The van der Waals surface area contributed by atoms with Gasteiger partial charge < -0.3 is 5.32 Å². The first-order valence-electron chi connectivity index (χ1n) is 6.92. The van der Waals surface area contributed by atoms with Gasteiger partial charge >= 0.3 is 0 Å². The molecule has 22 heavy (non-hydrogen) atoms. The first-order valence-corrected chi connectivity index (χ1v) is 8.46. The molecule has 0 aromatic heterocycles. The Morgan fingerprint density at radius 3 is 2.23 bits per heavy atom. The van der Waals surface area contributed by atoms with Gasteiger partial charge in [-0.1, -0.05) is 30.3 Å². The largest absolute Gasteiger partial charge is 0.352 e. The molecule has 0 aliphatic rings. The van der Waals surface area contributed by atoms with E-state index in [1.807, 2.05) is 18.2 Å². The molecule has 5 nitrogen and oxygen atoms in total. The normalized spacial score (nSPS) is 11.1. The fourth-order valence-corrected chi connectivity index (χ4v) is 2.55. The number of nitrogens with two attached hydrogens (primary N) is 1. The van der Waals surface area contributed by atoms with Crippen LogP contribution in [-0.2, 0) is 16.4 Å². The second-order valence-corrected chi connectivity index (χ2v) is 6.48. The number of nitrogens with one attached hydrogen (secondary N) is 1. The van der Waals surface area contributed by atoms with Crippen LogP contribution in [-0.4, -0.2) is 20.9 Å². The Kier molecular flexibility index (Phi) is 5.30. The van der Waals surface area contributed by atoms with Crippen molar-refractivity contribution in [1.82, 2.24) is 5.32 Å². The van der Waals surface area contributed by atoms with Gasteiger partial charge in [-0.3, -0.25) is 4.79 Å². The number of benzene rings is 2. The van der Waals surface area contributed by atoms with Gasteiger partial charge in [0.05, 0.1) is 4.90 Å². The quantitative estimate of drug-likeness (QED) is 0.794. The Hall–Kier alpha value is -2.18. The summed E-state index contributed by atoms with van der Waals surface area (Å²) in [6.07, 6.45) is 1.52. The van der Waals surface area contributed by atoms with Gasteiger partial charge in [-0.25, -0.2) is 13.6 Å². The Bertz CT molecular complexity index is 726. The smallest absolute Gasteiger partial charge is 0.251 e. The van der Waals surface area contributed by atoms with Crippen molar-refractivity contribution in [3.05, 3.63) is 65.7 Å². The molecule has 0 spiro atoms. The topological polar surface area (TPSA) is 89.3 Å². The summed E-state index contributed by atoms with van der Waals surface area (Å²) in [4.78, 5) is 11.9. The van der Waals surface area contributed by atoms with E-state index in [0.717, 1.165) is 18.4 Å². The van der Waals surface area contributed by atoms with Crippen LogP contribution < -0.4 is 10.5 Å². The van der Waals surface area contributed by atoms with Crippen LogP contribution in [0.4, 0.5) is 0 Å². The number of hydrogen-bond donors (Lipinski definition) is 2. The van der Waals surface area contributed by atoms with Crippen molar-refractivity contribution in [2.45, 2.75) is 17.7 Å². The molecule has 0 aliphatic heterocycles. The van der Waals surface area contributed by atoms with E-state index in [2.05, 4.69) is 5.32 Å². The van der Waals surface area contributed by atoms with Gasteiger partial charge in [-0.2, -0.15) is 0 Å². The van der Waals surface area contributed by atoms with E-state index in [-0.39, 0.29) is 10.8 Å². The lowest BCUT2D eigenvalue weighted by Gasteiger charge is -2.06. The number of aryl methyl sites for hydroxylation is 1. The maximum absolute atomic E-state index is 11.8. The first kappa shape index (κ1) is 16.2. The fourth-order valence-electron chi connectivity index (χ4n) is 2.03. The number of sulfonamides is 1. The monoisotopic (exact) mass is 318 g/mol. The summed E-state index contributed by atoms with van der Waals surface area (Å²) in [6, 6.07) is 15.5. The van der Waals surface area contributed by atoms with Crippen LogP contribution in [0.2, 0.25) is 0 Å². The standard InChI is InChI=1S/C16H18N2O3S/c17-22(20,21)15-10-8-13(9-11-15)5-4-12-18-16(19)14-6-2-1-3-7-14/h1-3,6-11H,4-5,12H2,(H,18,19)(H2,17,20,21). The molecule has 6 heteroatoms. The highest BCUT2D eigenvalue weighted by atomic mass is 32.2. The lowest BCUT2D eigenvalue weighted by molar-refractivity contribution is 0.0953. The zero-order valence-electron chi connectivity index (χ0n) is 12.0. The predicted molar refractivity (Wildman–Crippen MR) is 84.9 cm³/mol. The Morgan fingerprint density at radius 1 is 1.00 bits per heavy atom. The van der Waals surface area contributed by atoms with Crippen LogP contribution in [0, 0.1) is 0 Å². The van der Waals surface area contributed by atoms with E-state index in [1.54, 1.807) is 24.3 Å². The minimum Gasteiger partial charge on any atom is -0.352 e. The lowest BCUT2D eigenvalue weighted by atomic mass is 10.1. The number of carbonyl (C=O) groups excluding carboxylic acids is 1. The molecule has 0 heterocycles. The molecule has 0 saturated carbocycles. The van der Waals surface area contributed by atoms with Crippen molar-refractivity contribution in [2.24, 2.45) is 5.14 Å². The molecule has 2 aromatic rings. The first-order chi connectivity index (χ1) is 10.5. The summed E-state index contributed by atoms with van der Waals surface area (Å²) in [6.45, 7) is 0.560. The number of primary sulfonamides is 1. The Labute approximate surface area is 130 Å². The summed E-state index contributed by atoms with van der Waals surface area (Å²) in [5.41, 5.74) is 1.64. The molecule has 2 aromatic carbocycles. The number of amides is 1. The summed E-state index contributed by atoms with van der Waals surface area (Å²) in [5.74, 6) is -0.0924. The van der Waals surface area contributed by atoms with E-state index in [9.17, 15) is 13.2 Å². The van der Waals surface area contributed by atoms with Crippen LogP contribution in [0.25, 0.3) is 0 Å². The van der Waals surface area contributed by atoms with Crippen LogP contribution in [0.15, 0.2) is 59.5 Å². The summed E-state index contributed by atoms with van der Waals surface area (Å²) in [5, 5.41) is 7.89. The van der Waals surface area contributed by atoms with E-state index >= 15 is 0 Å². The third-order valence-corrected chi connectivity index (χ3v) is 4.14. The minimum absolute atomic E-state index is 0.0924. The zero-order valence-corrected chi connectivity index (χ0v) is 12.8. The molecule has 0 atom stereocenters. The number of rotatable bonds is 6. The maximum atomic E-state index is 11.8. The summed E-state index contributed by atoms with van der Waals surface area (Å²) >= 11 is 0. The van der Waals surface area contributed by atoms with Gasteiger partial charge in [-0.15, -0.1) is 0 Å². The number of carbonyl (C=O) groups is 1. The highest BCUT2D eigenvalue weighted by molar-refractivity contribution is 7.89. The van der Waals surface area contributed by atoms with Crippen LogP contribution in [0.1, 0.15) is 22.3 Å². The summed E-state index contributed by atoms with van der Waals surface area (Å²) < 4.78 is 22.3. The van der Waals surface area contributed by atoms with Crippen molar-refractivity contribution in [3.8, 4) is 0 Å². The van der Waals surface area contributed by atoms with Crippen molar-refractivity contribution in [1.29, 1.82) is 0 Å². The molecule has 3 N–H and O–H groups in total. The fraction of sp³-hybridized carbons (Fsp3) is 0.188. The molecule has 116 valence electrons. The molecule has 0 unspecified atom stereocenters. The third kappa shape index (κ3) is 4.68. The molecule has 2 rings (SSSR count). The lowest BCUT2D eigenvalue weighted by Crippen LogP contribution is -2.24. The van der Waals surface area contributed by atoms with Gasteiger partial charge in [0.15, 0.2) is 0 Å². The Balaban J connectivity index is 1.78. The molecule has 0 aliphatic carbocycles. The van der Waals surface area contributed by atoms with Gasteiger partial charge in [0, 0.05) is 12.1 Å². The van der Waals surface area contributed by atoms with Crippen LogP contribution in [0.3, 0.4) is 0 Å². The minimum atomic E-state index is -3.64. The van der Waals surface area contributed by atoms with Gasteiger partial charge in [0.2, 0.25) is 10.0 Å². The summed E-state index contributed by atoms with van der Waals surface area (Å²) in [7, 11) is -3.64. The van der Waals surface area contributed by atoms with Crippen molar-refractivity contribution >= 4 is 15.9 Å². The Morgan fingerprint density at radius 2 is 1.64 bits per heavy atom.